The Bertz CT molecular complexity index is 758. The van der Waals surface area contributed by atoms with Gasteiger partial charge in [-0.1, -0.05) is 19.9 Å². The zero-order valence-corrected chi connectivity index (χ0v) is 16.7. The van der Waals surface area contributed by atoms with Crippen molar-refractivity contribution in [2.45, 2.75) is 38.1 Å². The summed E-state index contributed by atoms with van der Waals surface area (Å²) in [5.41, 5.74) is 6.18. The number of nitrogens with zero attached hydrogens (tertiary/aromatic N) is 1. The standard InChI is InChI=1S/C18H29N3O4S/c1-13(2)18(4,12-19)20-17(22)15-6-5-14(3)16(11-15)26(23,24)21-7-9-25-10-8-21/h5-6,11,13H,7-10,12,19H2,1-4H3,(H,20,22). The van der Waals surface area contributed by atoms with Gasteiger partial charge in [0.15, 0.2) is 0 Å². The van der Waals surface area contributed by atoms with E-state index < -0.39 is 15.6 Å². The van der Waals surface area contributed by atoms with Crippen molar-refractivity contribution in [2.24, 2.45) is 11.7 Å². The quantitative estimate of drug-likeness (QED) is 0.766. The molecule has 146 valence electrons. The van der Waals surface area contributed by atoms with Gasteiger partial charge < -0.3 is 15.8 Å². The first-order valence-electron chi connectivity index (χ1n) is 8.83. The fraction of sp³-hybridized carbons (Fsp3) is 0.611. The van der Waals surface area contributed by atoms with Crippen LogP contribution in [0.3, 0.4) is 0 Å². The molecule has 0 spiro atoms. The first kappa shape index (κ1) is 20.8. The molecule has 1 aromatic rings. The number of hydrogen-bond acceptors (Lipinski definition) is 5. The number of benzene rings is 1. The lowest BCUT2D eigenvalue weighted by atomic mass is 9.88. The lowest BCUT2D eigenvalue weighted by Gasteiger charge is -2.33. The van der Waals surface area contributed by atoms with E-state index in [1.807, 2.05) is 20.8 Å². The number of nitrogens with one attached hydrogen (secondary N) is 1. The topological polar surface area (TPSA) is 102 Å². The predicted octanol–water partition coefficient (Wildman–Crippen LogP) is 1.12. The van der Waals surface area contributed by atoms with Gasteiger partial charge in [-0.25, -0.2) is 8.42 Å². The number of sulfonamides is 1. The van der Waals surface area contributed by atoms with E-state index in [0.29, 0.717) is 44.0 Å². The zero-order valence-electron chi connectivity index (χ0n) is 15.9. The molecule has 0 radical (unpaired) electrons. The molecule has 1 aromatic carbocycles. The third kappa shape index (κ3) is 4.25. The van der Waals surface area contributed by atoms with Gasteiger partial charge in [-0.2, -0.15) is 4.31 Å². The van der Waals surface area contributed by atoms with Crippen LogP contribution in [-0.4, -0.2) is 57.0 Å². The second kappa shape index (κ2) is 8.04. The summed E-state index contributed by atoms with van der Waals surface area (Å²) in [6.45, 7) is 9.26. The molecular weight excluding hydrogens is 354 g/mol. The molecular formula is C18H29N3O4S. The molecule has 0 bridgehead atoms. The summed E-state index contributed by atoms with van der Waals surface area (Å²) < 4.78 is 32.5. The van der Waals surface area contributed by atoms with E-state index in [1.54, 1.807) is 19.1 Å². The molecule has 0 aliphatic carbocycles. The highest BCUT2D eigenvalue weighted by molar-refractivity contribution is 7.89. The molecule has 1 fully saturated rings. The minimum atomic E-state index is -3.67. The molecule has 1 atom stereocenters. The molecule has 1 saturated heterocycles. The fourth-order valence-corrected chi connectivity index (χ4v) is 4.37. The second-order valence-corrected chi connectivity index (χ2v) is 9.13. The lowest BCUT2D eigenvalue weighted by molar-refractivity contribution is 0.0730. The van der Waals surface area contributed by atoms with Crippen LogP contribution < -0.4 is 11.1 Å². The molecule has 2 rings (SSSR count). The molecule has 1 unspecified atom stereocenters. The summed E-state index contributed by atoms with van der Waals surface area (Å²) in [7, 11) is -3.67. The van der Waals surface area contributed by atoms with E-state index in [1.165, 1.54) is 10.4 Å². The lowest BCUT2D eigenvalue weighted by Crippen LogP contribution is -2.55. The summed E-state index contributed by atoms with van der Waals surface area (Å²) in [4.78, 5) is 12.9. The van der Waals surface area contributed by atoms with Crippen molar-refractivity contribution in [1.29, 1.82) is 0 Å². The maximum absolute atomic E-state index is 13.0. The van der Waals surface area contributed by atoms with E-state index in [9.17, 15) is 13.2 Å². The van der Waals surface area contributed by atoms with Crippen molar-refractivity contribution in [3.05, 3.63) is 29.3 Å². The molecule has 0 aromatic heterocycles. The summed E-state index contributed by atoms with van der Waals surface area (Å²) in [5.74, 6) is -0.191. The molecule has 7 nitrogen and oxygen atoms in total. The first-order chi connectivity index (χ1) is 12.1. The van der Waals surface area contributed by atoms with E-state index in [4.69, 9.17) is 10.5 Å². The summed E-state index contributed by atoms with van der Waals surface area (Å²) in [5, 5.41) is 2.94. The number of carbonyl (C=O) groups excluding carboxylic acids is 1. The van der Waals surface area contributed by atoms with Gasteiger partial charge in [-0.3, -0.25) is 4.79 Å². The van der Waals surface area contributed by atoms with Crippen molar-refractivity contribution >= 4 is 15.9 Å². The summed E-state index contributed by atoms with van der Waals surface area (Å²) in [6, 6.07) is 4.75. The number of rotatable bonds is 6. The van der Waals surface area contributed by atoms with Gasteiger partial charge in [-0.15, -0.1) is 0 Å². The van der Waals surface area contributed by atoms with Gasteiger partial charge in [0.05, 0.1) is 23.6 Å². The highest BCUT2D eigenvalue weighted by Crippen LogP contribution is 2.23. The van der Waals surface area contributed by atoms with Crippen LogP contribution in [0.4, 0.5) is 0 Å². The second-order valence-electron chi connectivity index (χ2n) is 7.23. The number of hydrogen-bond donors (Lipinski definition) is 2. The minimum Gasteiger partial charge on any atom is -0.379 e. The Morgan fingerprint density at radius 2 is 1.96 bits per heavy atom. The number of carbonyl (C=O) groups is 1. The smallest absolute Gasteiger partial charge is 0.251 e. The normalized spacial score (nSPS) is 18.5. The van der Waals surface area contributed by atoms with Crippen LogP contribution in [0.25, 0.3) is 0 Å². The predicted molar refractivity (Wildman–Crippen MR) is 101 cm³/mol. The van der Waals surface area contributed by atoms with Crippen LogP contribution in [0.2, 0.25) is 0 Å². The van der Waals surface area contributed by atoms with Crippen molar-refractivity contribution in [1.82, 2.24) is 9.62 Å². The summed E-state index contributed by atoms with van der Waals surface area (Å²) >= 11 is 0. The van der Waals surface area contributed by atoms with E-state index in [0.717, 1.165) is 0 Å². The van der Waals surface area contributed by atoms with Crippen LogP contribution in [0.15, 0.2) is 23.1 Å². The van der Waals surface area contributed by atoms with Crippen molar-refractivity contribution < 1.29 is 17.9 Å². The van der Waals surface area contributed by atoms with E-state index in [-0.39, 0.29) is 16.7 Å². The fourth-order valence-electron chi connectivity index (χ4n) is 2.71. The van der Waals surface area contributed by atoms with Gasteiger partial charge in [-0.05, 0) is 37.5 Å². The van der Waals surface area contributed by atoms with Crippen LogP contribution >= 0.6 is 0 Å². The van der Waals surface area contributed by atoms with Crippen molar-refractivity contribution in [3.8, 4) is 0 Å². The molecule has 1 aliphatic rings. The Labute approximate surface area is 155 Å². The molecule has 26 heavy (non-hydrogen) atoms. The molecule has 1 amide bonds. The van der Waals surface area contributed by atoms with E-state index >= 15 is 0 Å². The number of ether oxygens (including phenoxy) is 1. The molecule has 8 heteroatoms. The maximum atomic E-state index is 13.0. The van der Waals surface area contributed by atoms with Gasteiger partial charge >= 0.3 is 0 Å². The van der Waals surface area contributed by atoms with Gasteiger partial charge in [0, 0.05) is 25.2 Å². The highest BCUT2D eigenvalue weighted by Gasteiger charge is 2.31. The Balaban J connectivity index is 2.33. The zero-order chi connectivity index (χ0) is 19.5. The number of morpholine rings is 1. The Morgan fingerprint density at radius 3 is 2.50 bits per heavy atom. The average Bonchev–Trinajstić information content (AvgIpc) is 2.62. The van der Waals surface area contributed by atoms with E-state index in [2.05, 4.69) is 5.32 Å². The SMILES string of the molecule is Cc1ccc(C(=O)NC(C)(CN)C(C)C)cc1S(=O)(=O)N1CCOCC1. The molecule has 1 aliphatic heterocycles. The average molecular weight is 384 g/mol. The maximum Gasteiger partial charge on any atom is 0.251 e. The Morgan fingerprint density at radius 1 is 1.35 bits per heavy atom. The number of aryl methyl sites for hydroxylation is 1. The van der Waals surface area contributed by atoms with Gasteiger partial charge in [0.25, 0.3) is 5.91 Å². The molecule has 0 saturated carbocycles. The molecule has 3 N–H and O–H groups in total. The third-order valence-electron chi connectivity index (χ3n) is 5.14. The minimum absolute atomic E-state index is 0.137. The van der Waals surface area contributed by atoms with Crippen LogP contribution in [0.5, 0.6) is 0 Å². The first-order valence-corrected chi connectivity index (χ1v) is 10.3. The summed E-state index contributed by atoms with van der Waals surface area (Å²) in [6.07, 6.45) is 0. The monoisotopic (exact) mass is 383 g/mol. The van der Waals surface area contributed by atoms with Crippen LogP contribution in [0.1, 0.15) is 36.7 Å². The number of amides is 1. The highest BCUT2D eigenvalue weighted by atomic mass is 32.2. The van der Waals surface area contributed by atoms with Gasteiger partial charge in [0.2, 0.25) is 10.0 Å². The van der Waals surface area contributed by atoms with Crippen LogP contribution in [-0.2, 0) is 14.8 Å². The van der Waals surface area contributed by atoms with Crippen molar-refractivity contribution in [3.63, 3.8) is 0 Å². The molecule has 1 heterocycles. The number of nitrogens with two attached hydrogens (primary N) is 1. The van der Waals surface area contributed by atoms with Gasteiger partial charge in [0.1, 0.15) is 0 Å². The Kier molecular flexibility index (Phi) is 6.44. The third-order valence-corrected chi connectivity index (χ3v) is 7.18. The van der Waals surface area contributed by atoms with Crippen LogP contribution in [0, 0.1) is 12.8 Å². The Hall–Kier alpha value is -1.48. The largest absolute Gasteiger partial charge is 0.379 e. The van der Waals surface area contributed by atoms with Crippen molar-refractivity contribution in [2.75, 3.05) is 32.8 Å².